The molecule has 8 heteroatoms. The Morgan fingerprint density at radius 3 is 2.32 bits per heavy atom. The van der Waals surface area contributed by atoms with E-state index in [0.29, 0.717) is 12.5 Å². The fraction of sp³-hybridized carbons (Fsp3) is 0.765. The molecule has 0 aromatic rings. The van der Waals surface area contributed by atoms with Crippen molar-refractivity contribution in [3.05, 3.63) is 23.0 Å². The Bertz CT molecular complexity index is 436. The molecule has 0 heterocycles. The van der Waals surface area contributed by atoms with Crippen LogP contribution in [0, 0.1) is 11.8 Å². The third-order valence-electron chi connectivity index (χ3n) is 4.25. The quantitative estimate of drug-likeness (QED) is 0.478. The lowest BCUT2D eigenvalue weighted by Crippen LogP contribution is -2.32. The maximum absolute atomic E-state index is 12.5. The second-order valence-electron chi connectivity index (χ2n) is 6.65. The van der Waals surface area contributed by atoms with Gasteiger partial charge in [0.05, 0.1) is 11.7 Å². The third-order valence-corrected chi connectivity index (χ3v) is 4.70. The number of nitrogens with two attached hydrogens (primary N) is 2. The summed E-state index contributed by atoms with van der Waals surface area (Å²) in [5.74, 6) is -0.921. The Morgan fingerprint density at radius 2 is 1.80 bits per heavy atom. The van der Waals surface area contributed by atoms with Gasteiger partial charge in [0.1, 0.15) is 0 Å². The van der Waals surface area contributed by atoms with Crippen LogP contribution in [-0.2, 0) is 0 Å². The SMILES string of the molecule is CC(CCCN(C)CCN/C(N)=C/C=C(/Cl)C(C)C(F)(F)F)[C@@H](C)N. The van der Waals surface area contributed by atoms with E-state index in [0.717, 1.165) is 32.9 Å². The molecule has 5 N–H and O–H groups in total. The van der Waals surface area contributed by atoms with E-state index < -0.39 is 12.1 Å². The van der Waals surface area contributed by atoms with Gasteiger partial charge in [-0.1, -0.05) is 18.5 Å². The van der Waals surface area contributed by atoms with Crippen LogP contribution in [0.2, 0.25) is 0 Å². The summed E-state index contributed by atoms with van der Waals surface area (Å²) in [6.45, 7) is 7.51. The van der Waals surface area contributed by atoms with Crippen LogP contribution in [0.25, 0.3) is 0 Å². The van der Waals surface area contributed by atoms with Crippen molar-refractivity contribution in [3.8, 4) is 0 Å². The first-order valence-electron chi connectivity index (χ1n) is 8.52. The van der Waals surface area contributed by atoms with Gasteiger partial charge in [-0.15, -0.1) is 0 Å². The fourth-order valence-electron chi connectivity index (χ4n) is 1.98. The van der Waals surface area contributed by atoms with Crippen molar-refractivity contribution in [2.75, 3.05) is 26.7 Å². The topological polar surface area (TPSA) is 67.3 Å². The lowest BCUT2D eigenvalue weighted by atomic mass is 9.99. The summed E-state index contributed by atoms with van der Waals surface area (Å²) in [4.78, 5) is 2.17. The highest BCUT2D eigenvalue weighted by Crippen LogP contribution is 2.33. The first-order valence-corrected chi connectivity index (χ1v) is 8.90. The molecule has 25 heavy (non-hydrogen) atoms. The molecule has 0 aliphatic carbocycles. The second kappa shape index (κ2) is 11.6. The van der Waals surface area contributed by atoms with Crippen LogP contribution in [0.1, 0.15) is 33.6 Å². The standard InChI is InChI=1S/C17H32ClF3N4/c1-12(14(3)22)6-5-10-25(4)11-9-24-16(23)8-7-15(18)13(2)17(19,20)21/h7-8,12-14,24H,5-6,9-11,22-23H2,1-4H3/b15-7+,16-8+/t12?,13?,14-/m1/s1. The predicted octanol–water partition coefficient (Wildman–Crippen LogP) is 3.39. The monoisotopic (exact) mass is 384 g/mol. The lowest BCUT2D eigenvalue weighted by Gasteiger charge is -2.20. The van der Waals surface area contributed by atoms with E-state index in [1.165, 1.54) is 12.2 Å². The molecule has 0 fully saturated rings. The molecule has 4 nitrogen and oxygen atoms in total. The van der Waals surface area contributed by atoms with Crippen molar-refractivity contribution in [2.45, 2.75) is 45.8 Å². The van der Waals surface area contributed by atoms with E-state index in [2.05, 4.69) is 17.1 Å². The van der Waals surface area contributed by atoms with Gasteiger partial charge in [0.2, 0.25) is 0 Å². The van der Waals surface area contributed by atoms with E-state index >= 15 is 0 Å². The molecule has 0 aliphatic heterocycles. The summed E-state index contributed by atoms with van der Waals surface area (Å²) in [6, 6.07) is 0.205. The van der Waals surface area contributed by atoms with Gasteiger partial charge in [-0.2, -0.15) is 13.2 Å². The van der Waals surface area contributed by atoms with Crippen molar-refractivity contribution < 1.29 is 13.2 Å². The highest BCUT2D eigenvalue weighted by molar-refractivity contribution is 6.30. The van der Waals surface area contributed by atoms with E-state index in [-0.39, 0.29) is 16.9 Å². The average Bonchev–Trinajstić information content (AvgIpc) is 2.50. The minimum Gasteiger partial charge on any atom is -0.386 e. The summed E-state index contributed by atoms with van der Waals surface area (Å²) < 4.78 is 37.5. The maximum Gasteiger partial charge on any atom is 0.396 e. The van der Waals surface area contributed by atoms with Crippen molar-refractivity contribution in [1.82, 2.24) is 10.2 Å². The molecule has 148 valence electrons. The summed E-state index contributed by atoms with van der Waals surface area (Å²) >= 11 is 5.65. The zero-order valence-electron chi connectivity index (χ0n) is 15.5. The molecule has 0 aliphatic rings. The minimum atomic E-state index is -4.36. The molecule has 0 spiro atoms. The van der Waals surface area contributed by atoms with Gasteiger partial charge in [-0.3, -0.25) is 0 Å². The molecule has 0 aromatic heterocycles. The van der Waals surface area contributed by atoms with Crippen molar-refractivity contribution in [3.63, 3.8) is 0 Å². The van der Waals surface area contributed by atoms with Gasteiger partial charge in [-0.25, -0.2) is 0 Å². The van der Waals surface area contributed by atoms with E-state index in [1.54, 1.807) is 0 Å². The van der Waals surface area contributed by atoms with E-state index in [9.17, 15) is 13.2 Å². The number of nitrogens with one attached hydrogen (secondary N) is 1. The van der Waals surface area contributed by atoms with Crippen molar-refractivity contribution >= 4 is 11.6 Å². The molecule has 0 amide bonds. The first-order chi connectivity index (χ1) is 11.4. The highest BCUT2D eigenvalue weighted by atomic mass is 35.5. The van der Waals surface area contributed by atoms with Gasteiger partial charge >= 0.3 is 6.18 Å². The molecule has 0 saturated heterocycles. The largest absolute Gasteiger partial charge is 0.396 e. The Kier molecular flexibility index (Phi) is 11.2. The highest BCUT2D eigenvalue weighted by Gasteiger charge is 2.37. The first kappa shape index (κ1) is 24.1. The normalized spacial score (nSPS) is 17.5. The molecule has 0 bridgehead atoms. The second-order valence-corrected chi connectivity index (χ2v) is 7.08. The average molecular weight is 385 g/mol. The molecule has 3 atom stereocenters. The van der Waals surface area contributed by atoms with Gasteiger partial charge in [0, 0.05) is 24.2 Å². The van der Waals surface area contributed by atoms with Crippen LogP contribution in [-0.4, -0.2) is 43.8 Å². The molecule has 2 unspecified atom stereocenters. The summed E-state index contributed by atoms with van der Waals surface area (Å²) in [6.07, 6.45) is 0.331. The number of halogens is 4. The summed E-state index contributed by atoms with van der Waals surface area (Å²) in [5, 5.41) is 2.66. The van der Waals surface area contributed by atoms with Crippen molar-refractivity contribution in [1.29, 1.82) is 0 Å². The lowest BCUT2D eigenvalue weighted by molar-refractivity contribution is -0.157. The van der Waals surface area contributed by atoms with Gasteiger partial charge in [0.15, 0.2) is 0 Å². The van der Waals surface area contributed by atoms with Gasteiger partial charge < -0.3 is 21.7 Å². The number of likely N-dealkylation sites (N-methyl/N-ethyl adjacent to an activating group) is 1. The Balaban J connectivity index is 4.11. The third kappa shape index (κ3) is 11.3. The zero-order valence-corrected chi connectivity index (χ0v) is 16.3. The smallest absolute Gasteiger partial charge is 0.386 e. The predicted molar refractivity (Wildman–Crippen MR) is 99.0 cm³/mol. The van der Waals surface area contributed by atoms with Crippen LogP contribution >= 0.6 is 11.6 Å². The molecule has 0 rings (SSSR count). The summed E-state index contributed by atoms with van der Waals surface area (Å²) in [7, 11) is 2.01. The van der Waals surface area contributed by atoms with Crippen LogP contribution in [0.3, 0.4) is 0 Å². The molecular weight excluding hydrogens is 353 g/mol. The minimum absolute atomic E-state index is 0.205. The molecule has 0 radical (unpaired) electrons. The number of rotatable bonds is 11. The molecular formula is C17H32ClF3N4. The van der Waals surface area contributed by atoms with Crippen LogP contribution < -0.4 is 16.8 Å². The van der Waals surface area contributed by atoms with E-state index in [1.807, 2.05) is 14.0 Å². The van der Waals surface area contributed by atoms with Crippen LogP contribution in [0.5, 0.6) is 0 Å². The fourth-order valence-corrected chi connectivity index (χ4v) is 2.16. The number of hydrogen-bond donors (Lipinski definition) is 3. The van der Waals surface area contributed by atoms with Gasteiger partial charge in [-0.05, 0) is 58.4 Å². The Labute approximate surface area is 154 Å². The zero-order chi connectivity index (χ0) is 19.6. The number of allylic oxidation sites excluding steroid dienone is 3. The number of alkyl halides is 3. The van der Waals surface area contributed by atoms with Crippen LogP contribution in [0.4, 0.5) is 13.2 Å². The van der Waals surface area contributed by atoms with Crippen LogP contribution in [0.15, 0.2) is 23.0 Å². The Hall–Kier alpha value is -0.920. The number of nitrogens with zero attached hydrogens (tertiary/aromatic N) is 1. The summed E-state index contributed by atoms with van der Waals surface area (Å²) in [5.41, 5.74) is 11.6. The maximum atomic E-state index is 12.5. The number of hydrogen-bond acceptors (Lipinski definition) is 4. The van der Waals surface area contributed by atoms with Gasteiger partial charge in [0.25, 0.3) is 0 Å². The molecule has 0 saturated carbocycles. The van der Waals surface area contributed by atoms with E-state index in [4.69, 9.17) is 23.1 Å². The van der Waals surface area contributed by atoms with Crippen molar-refractivity contribution in [2.24, 2.45) is 23.3 Å². The Morgan fingerprint density at radius 1 is 1.20 bits per heavy atom. The molecule has 0 aromatic carbocycles.